The van der Waals surface area contributed by atoms with Crippen molar-refractivity contribution in [1.29, 1.82) is 0 Å². The Kier molecular flexibility index (Phi) is 8.31. The van der Waals surface area contributed by atoms with E-state index in [4.69, 9.17) is 0 Å². The average Bonchev–Trinajstić information content (AvgIpc) is 3.46. The molecule has 0 aromatic heterocycles. The zero-order valence-electron chi connectivity index (χ0n) is 33.6. The van der Waals surface area contributed by atoms with Crippen molar-refractivity contribution >= 4 is 45.1 Å². The first-order valence-corrected chi connectivity index (χ1v) is 22.4. The summed E-state index contributed by atoms with van der Waals surface area (Å²) in [5, 5.41) is 4.49. The molecular weight excluding hydrogens is 721 g/mol. The van der Waals surface area contributed by atoms with Crippen molar-refractivity contribution in [3.63, 3.8) is 0 Å². The standard InChI is InChI=1S/C51H55BrSi/c1-32-12-24-40-42-26-22-38(30-46(42)50(8,9)44(40)28-32)53(36-18-13-33(14-19-36)48(2,3)4,37-20-15-34(16-21-37)49(5,6)7)39-23-27-43-41-25-17-35(52)29-45(41)51(10,11)47(43)31-39/h12-21,23-31,38H,22H2,1-11H3. The molecule has 5 aromatic rings. The number of rotatable bonds is 4. The number of allylic oxidation sites excluding steroid dienone is 4. The summed E-state index contributed by atoms with van der Waals surface area (Å²) < 4.78 is 1.14. The van der Waals surface area contributed by atoms with Gasteiger partial charge in [-0.1, -0.05) is 194 Å². The van der Waals surface area contributed by atoms with Gasteiger partial charge in [0.05, 0.1) is 0 Å². The van der Waals surface area contributed by atoms with E-state index in [1.807, 2.05) is 0 Å². The maximum absolute atomic E-state index is 3.80. The van der Waals surface area contributed by atoms with Crippen LogP contribution >= 0.6 is 15.9 Å². The highest BCUT2D eigenvalue weighted by atomic mass is 79.9. The molecule has 0 saturated carbocycles. The highest BCUT2D eigenvalue weighted by molar-refractivity contribution is 9.10. The highest BCUT2D eigenvalue weighted by Crippen LogP contribution is 2.54. The molecule has 0 saturated heterocycles. The van der Waals surface area contributed by atoms with E-state index in [0.717, 1.165) is 10.9 Å². The highest BCUT2D eigenvalue weighted by Gasteiger charge is 2.50. The number of fused-ring (bicyclic) bond motifs is 6. The van der Waals surface area contributed by atoms with Crippen LogP contribution in [0, 0.1) is 6.92 Å². The maximum atomic E-state index is 3.80. The summed E-state index contributed by atoms with van der Waals surface area (Å²) in [6.07, 6.45) is 6.39. The summed E-state index contributed by atoms with van der Waals surface area (Å²) in [6.45, 7) is 26.0. The average molecular weight is 776 g/mol. The molecule has 2 heteroatoms. The van der Waals surface area contributed by atoms with Gasteiger partial charge in [0.15, 0.2) is 8.07 Å². The lowest BCUT2D eigenvalue weighted by atomic mass is 9.80. The van der Waals surface area contributed by atoms with E-state index in [1.165, 1.54) is 76.8 Å². The minimum Gasteiger partial charge on any atom is -0.0781 e. The Morgan fingerprint density at radius 2 is 1.06 bits per heavy atom. The number of hydrogen-bond donors (Lipinski definition) is 0. The molecule has 0 N–H and O–H groups in total. The lowest BCUT2D eigenvalue weighted by Crippen LogP contribution is -2.70. The topological polar surface area (TPSA) is 0 Å². The van der Waals surface area contributed by atoms with Crippen LogP contribution in [0.1, 0.15) is 115 Å². The number of aryl methyl sites for hydroxylation is 1. The number of halogens is 1. The van der Waals surface area contributed by atoms with Crippen LogP contribution in [-0.2, 0) is 21.7 Å². The van der Waals surface area contributed by atoms with Gasteiger partial charge in [0.1, 0.15) is 0 Å². The fourth-order valence-corrected chi connectivity index (χ4v) is 15.6. The van der Waals surface area contributed by atoms with E-state index >= 15 is 0 Å². The van der Waals surface area contributed by atoms with E-state index in [-0.39, 0.29) is 21.7 Å². The van der Waals surface area contributed by atoms with Gasteiger partial charge in [-0.25, -0.2) is 0 Å². The van der Waals surface area contributed by atoms with Crippen molar-refractivity contribution < 1.29 is 0 Å². The summed E-state index contributed by atoms with van der Waals surface area (Å²) in [4.78, 5) is 0. The molecular formula is C51H55BrSi. The summed E-state index contributed by atoms with van der Waals surface area (Å²) in [5.74, 6) is 0. The molecule has 53 heavy (non-hydrogen) atoms. The van der Waals surface area contributed by atoms with Crippen LogP contribution in [0.25, 0.3) is 16.7 Å². The first-order valence-electron chi connectivity index (χ1n) is 19.6. The van der Waals surface area contributed by atoms with Crippen molar-refractivity contribution in [3.8, 4) is 11.1 Å². The van der Waals surface area contributed by atoms with Gasteiger partial charge in [-0.3, -0.25) is 0 Å². The Balaban J connectivity index is 1.43. The number of hydrogen-bond acceptors (Lipinski definition) is 0. The molecule has 0 aliphatic heterocycles. The van der Waals surface area contributed by atoms with Crippen LogP contribution < -0.4 is 15.6 Å². The van der Waals surface area contributed by atoms with Gasteiger partial charge in [0, 0.05) is 15.3 Å². The maximum Gasteiger partial charge on any atom is 0.155 e. The van der Waals surface area contributed by atoms with Gasteiger partial charge in [-0.2, -0.15) is 0 Å². The van der Waals surface area contributed by atoms with Gasteiger partial charge < -0.3 is 0 Å². The predicted octanol–water partition coefficient (Wildman–Crippen LogP) is 12.2. The van der Waals surface area contributed by atoms with Gasteiger partial charge in [-0.05, 0) is 113 Å². The Labute approximate surface area is 328 Å². The summed E-state index contributed by atoms with van der Waals surface area (Å²) in [6, 6.07) is 41.4. The van der Waals surface area contributed by atoms with Crippen molar-refractivity contribution in [2.24, 2.45) is 0 Å². The second kappa shape index (κ2) is 12.1. The van der Waals surface area contributed by atoms with Gasteiger partial charge in [0.2, 0.25) is 0 Å². The molecule has 1 unspecified atom stereocenters. The van der Waals surface area contributed by atoms with Crippen LogP contribution in [-0.4, -0.2) is 8.07 Å². The minimum atomic E-state index is -2.77. The summed E-state index contributed by atoms with van der Waals surface area (Å²) >= 11 is 3.80. The van der Waals surface area contributed by atoms with Gasteiger partial charge in [0.25, 0.3) is 0 Å². The predicted molar refractivity (Wildman–Crippen MR) is 235 cm³/mol. The Morgan fingerprint density at radius 1 is 0.566 bits per heavy atom. The molecule has 3 aliphatic carbocycles. The quantitative estimate of drug-likeness (QED) is 0.126. The fourth-order valence-electron chi connectivity index (χ4n) is 9.93. The summed E-state index contributed by atoms with van der Waals surface area (Å²) in [5.41, 5.74) is 15.9. The molecule has 0 spiro atoms. The molecule has 8 rings (SSSR count). The molecule has 0 heterocycles. The van der Waals surface area contributed by atoms with Crippen molar-refractivity contribution in [3.05, 3.63) is 164 Å². The first kappa shape index (κ1) is 36.3. The molecule has 0 amide bonds. The second-order valence-corrected chi connectivity index (χ2v) is 24.3. The molecule has 0 bridgehead atoms. The zero-order chi connectivity index (χ0) is 37.9. The first-order chi connectivity index (χ1) is 24.8. The van der Waals surface area contributed by atoms with Crippen LogP contribution in [0.4, 0.5) is 0 Å². The van der Waals surface area contributed by atoms with Crippen LogP contribution in [0.15, 0.2) is 125 Å². The normalized spacial score (nSPS) is 18.5. The summed E-state index contributed by atoms with van der Waals surface area (Å²) in [7, 11) is -2.77. The fraction of sp³-hybridized carbons (Fsp3) is 0.333. The third-order valence-electron chi connectivity index (χ3n) is 13.1. The van der Waals surface area contributed by atoms with Crippen LogP contribution in [0.2, 0.25) is 5.54 Å². The third-order valence-corrected chi connectivity index (χ3v) is 18.8. The smallest absolute Gasteiger partial charge is 0.0781 e. The van der Waals surface area contributed by atoms with Crippen LogP contribution in [0.3, 0.4) is 0 Å². The van der Waals surface area contributed by atoms with Crippen molar-refractivity contribution in [2.45, 2.75) is 110 Å². The lowest BCUT2D eigenvalue weighted by molar-refractivity contribution is 0.590. The SMILES string of the molecule is Cc1ccc2c(c1)C(C)(C)C1=CC([Si](c3ccc(C(C)(C)C)cc3)(c3ccc(C(C)(C)C)cc3)c3ccc4c(c3)C(C)(C)c3cc(Br)ccc3-4)CC=C12. The van der Waals surface area contributed by atoms with E-state index in [0.29, 0.717) is 5.54 Å². The molecule has 0 nitrogen and oxygen atoms in total. The molecule has 1 atom stereocenters. The van der Waals surface area contributed by atoms with Gasteiger partial charge >= 0.3 is 0 Å². The van der Waals surface area contributed by atoms with Gasteiger partial charge in [-0.15, -0.1) is 0 Å². The molecule has 5 aromatic carbocycles. The Bertz CT molecular complexity index is 2270. The van der Waals surface area contributed by atoms with Crippen LogP contribution in [0.5, 0.6) is 0 Å². The number of benzene rings is 5. The van der Waals surface area contributed by atoms with E-state index in [1.54, 1.807) is 0 Å². The van der Waals surface area contributed by atoms with E-state index < -0.39 is 8.07 Å². The molecule has 3 aliphatic rings. The lowest BCUT2D eigenvalue weighted by Gasteiger charge is -2.42. The van der Waals surface area contributed by atoms with Crippen molar-refractivity contribution in [1.82, 2.24) is 0 Å². The van der Waals surface area contributed by atoms with E-state index in [9.17, 15) is 0 Å². The second-order valence-electron chi connectivity index (χ2n) is 19.3. The molecule has 270 valence electrons. The largest absolute Gasteiger partial charge is 0.155 e. The zero-order valence-corrected chi connectivity index (χ0v) is 36.2. The monoisotopic (exact) mass is 774 g/mol. The molecule has 0 radical (unpaired) electrons. The third kappa shape index (κ3) is 5.57. The molecule has 0 fully saturated rings. The Hall–Kier alpha value is -3.72. The van der Waals surface area contributed by atoms with E-state index in [2.05, 4.69) is 207 Å². The van der Waals surface area contributed by atoms with Crippen molar-refractivity contribution in [2.75, 3.05) is 0 Å². The minimum absolute atomic E-state index is 0.0624. The Morgan fingerprint density at radius 3 is 1.62 bits per heavy atom.